The molecule has 1 atom stereocenters. The molecule has 0 spiro atoms. The van der Waals surface area contributed by atoms with Crippen molar-refractivity contribution in [3.8, 4) is 0 Å². The van der Waals surface area contributed by atoms with Crippen molar-refractivity contribution in [3.63, 3.8) is 0 Å². The largest absolute Gasteiger partial charge is 0.352 e. The number of carbonyl (C=O) groups is 1. The van der Waals surface area contributed by atoms with Gasteiger partial charge in [-0.05, 0) is 37.3 Å². The lowest BCUT2D eigenvalue weighted by Crippen LogP contribution is -2.44. The van der Waals surface area contributed by atoms with E-state index in [1.165, 1.54) is 18.2 Å². The number of carbonyl (C=O) groups excluding carboxylic acids is 1. The summed E-state index contributed by atoms with van der Waals surface area (Å²) in [6.07, 6.45) is 3.16. The number of pyridine rings is 1. The lowest BCUT2D eigenvalue weighted by molar-refractivity contribution is -0.120. The summed E-state index contributed by atoms with van der Waals surface area (Å²) in [6, 6.07) is 10.4. The minimum Gasteiger partial charge on any atom is -0.352 e. The van der Waals surface area contributed by atoms with Gasteiger partial charge in [0.05, 0.1) is 11.9 Å². The van der Waals surface area contributed by atoms with Gasteiger partial charge in [-0.25, -0.2) is 12.8 Å². The molecule has 1 amide bonds. The summed E-state index contributed by atoms with van der Waals surface area (Å²) in [5.74, 6) is -1.05. The molecule has 1 aromatic carbocycles. The highest BCUT2D eigenvalue weighted by Gasteiger charge is 2.22. The first kappa shape index (κ1) is 18.9. The molecule has 8 heteroatoms. The first-order valence-corrected chi connectivity index (χ1v) is 9.53. The highest BCUT2D eigenvalue weighted by molar-refractivity contribution is 7.92. The predicted molar refractivity (Wildman–Crippen MR) is 94.1 cm³/mol. The molecule has 25 heavy (non-hydrogen) atoms. The van der Waals surface area contributed by atoms with Crippen molar-refractivity contribution in [2.45, 2.75) is 19.4 Å². The second-order valence-electron chi connectivity index (χ2n) is 5.74. The Morgan fingerprint density at radius 2 is 2.04 bits per heavy atom. The third kappa shape index (κ3) is 5.82. The van der Waals surface area contributed by atoms with Gasteiger partial charge in [0, 0.05) is 24.4 Å². The first-order valence-electron chi connectivity index (χ1n) is 7.68. The minimum absolute atomic E-state index is 0.107. The van der Waals surface area contributed by atoms with Crippen LogP contribution in [0, 0.1) is 5.82 Å². The zero-order valence-corrected chi connectivity index (χ0v) is 14.8. The summed E-state index contributed by atoms with van der Waals surface area (Å²) < 4.78 is 38.2. The summed E-state index contributed by atoms with van der Waals surface area (Å²) in [5, 5.41) is 2.74. The number of rotatable bonds is 7. The van der Waals surface area contributed by atoms with E-state index in [0.29, 0.717) is 6.42 Å². The molecule has 0 saturated heterocycles. The van der Waals surface area contributed by atoms with E-state index in [0.717, 1.165) is 22.3 Å². The summed E-state index contributed by atoms with van der Waals surface area (Å²) >= 11 is 0. The van der Waals surface area contributed by atoms with E-state index in [-0.39, 0.29) is 11.7 Å². The third-order valence-corrected chi connectivity index (χ3v) is 4.57. The molecule has 0 fully saturated rings. The van der Waals surface area contributed by atoms with Gasteiger partial charge in [-0.1, -0.05) is 12.1 Å². The van der Waals surface area contributed by atoms with Crippen molar-refractivity contribution in [2.75, 3.05) is 17.1 Å². The molecular weight excluding hydrogens is 345 g/mol. The normalized spacial score (nSPS) is 12.4. The number of hydrogen-bond acceptors (Lipinski definition) is 4. The van der Waals surface area contributed by atoms with Gasteiger partial charge in [-0.3, -0.25) is 14.1 Å². The van der Waals surface area contributed by atoms with Crippen LogP contribution in [0.1, 0.15) is 12.6 Å². The molecule has 6 nitrogen and oxygen atoms in total. The van der Waals surface area contributed by atoms with Crippen LogP contribution in [-0.4, -0.2) is 38.2 Å². The Hall–Kier alpha value is -2.48. The Labute approximate surface area is 146 Å². The Balaban J connectivity index is 2.05. The number of benzene rings is 1. The highest BCUT2D eigenvalue weighted by atomic mass is 32.2. The Morgan fingerprint density at radius 3 is 2.64 bits per heavy atom. The van der Waals surface area contributed by atoms with E-state index in [2.05, 4.69) is 10.3 Å². The number of sulfonamides is 1. The molecular formula is C17H20FN3O3S. The molecule has 0 unspecified atom stereocenters. The lowest BCUT2D eigenvalue weighted by atomic mass is 10.1. The lowest BCUT2D eigenvalue weighted by Gasteiger charge is -2.23. The summed E-state index contributed by atoms with van der Waals surface area (Å²) in [5.41, 5.74) is 0.926. The highest BCUT2D eigenvalue weighted by Crippen LogP contribution is 2.18. The second kappa shape index (κ2) is 8.06. The maximum Gasteiger partial charge on any atom is 0.240 e. The predicted octanol–water partition coefficient (Wildman–Crippen LogP) is 1.73. The Kier molecular flexibility index (Phi) is 6.08. The smallest absolute Gasteiger partial charge is 0.240 e. The second-order valence-corrected chi connectivity index (χ2v) is 7.65. The summed E-state index contributed by atoms with van der Waals surface area (Å²) in [6.45, 7) is 1.38. The van der Waals surface area contributed by atoms with Crippen molar-refractivity contribution in [2.24, 2.45) is 0 Å². The zero-order valence-electron chi connectivity index (χ0n) is 14.0. The van der Waals surface area contributed by atoms with Gasteiger partial charge in [-0.2, -0.15) is 0 Å². The van der Waals surface area contributed by atoms with E-state index in [9.17, 15) is 17.6 Å². The van der Waals surface area contributed by atoms with E-state index >= 15 is 0 Å². The maximum absolute atomic E-state index is 13.4. The Morgan fingerprint density at radius 1 is 1.28 bits per heavy atom. The number of aromatic nitrogens is 1. The number of nitrogens with one attached hydrogen (secondary N) is 1. The van der Waals surface area contributed by atoms with Crippen molar-refractivity contribution >= 4 is 21.6 Å². The van der Waals surface area contributed by atoms with Crippen LogP contribution in [0.25, 0.3) is 0 Å². The average molecular weight is 365 g/mol. The van der Waals surface area contributed by atoms with Crippen LogP contribution in [0.15, 0.2) is 48.7 Å². The van der Waals surface area contributed by atoms with Crippen LogP contribution >= 0.6 is 0 Å². The van der Waals surface area contributed by atoms with Gasteiger partial charge in [0.2, 0.25) is 15.9 Å². The van der Waals surface area contributed by atoms with Crippen LogP contribution in [0.2, 0.25) is 0 Å². The minimum atomic E-state index is -3.73. The number of hydrogen-bond donors (Lipinski definition) is 1. The van der Waals surface area contributed by atoms with Gasteiger partial charge in [-0.15, -0.1) is 0 Å². The summed E-state index contributed by atoms with van der Waals surface area (Å²) in [7, 11) is -3.73. The fourth-order valence-electron chi connectivity index (χ4n) is 2.37. The quantitative estimate of drug-likeness (QED) is 0.810. The van der Waals surface area contributed by atoms with Crippen molar-refractivity contribution in [1.29, 1.82) is 0 Å². The van der Waals surface area contributed by atoms with E-state index < -0.39 is 28.3 Å². The molecule has 0 bridgehead atoms. The summed E-state index contributed by atoms with van der Waals surface area (Å²) in [4.78, 5) is 16.4. The van der Waals surface area contributed by atoms with E-state index in [1.807, 2.05) is 12.1 Å². The van der Waals surface area contributed by atoms with Gasteiger partial charge >= 0.3 is 0 Å². The third-order valence-electron chi connectivity index (χ3n) is 3.43. The molecule has 0 aliphatic heterocycles. The monoisotopic (exact) mass is 365 g/mol. The first-order chi connectivity index (χ1) is 11.8. The van der Waals surface area contributed by atoms with Crippen molar-refractivity contribution in [1.82, 2.24) is 10.3 Å². The van der Waals surface area contributed by atoms with Crippen molar-refractivity contribution in [3.05, 3.63) is 60.2 Å². The fraction of sp³-hybridized carbons (Fsp3) is 0.294. The molecule has 0 aliphatic carbocycles. The van der Waals surface area contributed by atoms with E-state index in [1.54, 1.807) is 19.2 Å². The number of nitrogens with zero attached hydrogens (tertiary/aromatic N) is 2. The molecule has 2 aromatic rings. The standard InChI is InChI=1S/C17H20FN3O3S/c1-13(10-15-7-3-4-9-19-15)20-17(22)12-21(25(2,23)24)16-8-5-6-14(18)11-16/h3-9,11,13H,10,12H2,1-2H3,(H,20,22)/t13-/m0/s1. The molecule has 0 radical (unpaired) electrons. The number of amides is 1. The molecule has 1 heterocycles. The fourth-order valence-corrected chi connectivity index (χ4v) is 3.21. The van der Waals surface area contributed by atoms with Gasteiger partial charge < -0.3 is 5.32 Å². The maximum atomic E-state index is 13.4. The SMILES string of the molecule is C[C@@H](Cc1ccccn1)NC(=O)CN(c1cccc(F)c1)S(C)(=O)=O. The molecule has 134 valence electrons. The number of anilines is 1. The molecule has 0 saturated carbocycles. The molecule has 0 aliphatic rings. The number of halogens is 1. The van der Waals surface area contributed by atoms with E-state index in [4.69, 9.17) is 0 Å². The van der Waals surface area contributed by atoms with Crippen LogP contribution in [0.5, 0.6) is 0 Å². The van der Waals surface area contributed by atoms with Crippen LogP contribution in [-0.2, 0) is 21.2 Å². The van der Waals surface area contributed by atoms with Crippen LogP contribution in [0.4, 0.5) is 10.1 Å². The van der Waals surface area contributed by atoms with Gasteiger partial charge in [0.15, 0.2) is 0 Å². The topological polar surface area (TPSA) is 79.4 Å². The van der Waals surface area contributed by atoms with Crippen LogP contribution < -0.4 is 9.62 Å². The molecule has 1 N–H and O–H groups in total. The zero-order chi connectivity index (χ0) is 18.4. The van der Waals surface area contributed by atoms with Gasteiger partial charge in [0.25, 0.3) is 0 Å². The molecule has 2 rings (SSSR count). The van der Waals surface area contributed by atoms with Crippen molar-refractivity contribution < 1.29 is 17.6 Å². The van der Waals surface area contributed by atoms with Gasteiger partial charge in [0.1, 0.15) is 12.4 Å². The average Bonchev–Trinajstić information content (AvgIpc) is 2.52. The Bertz CT molecular complexity index is 828. The molecule has 1 aromatic heterocycles. The van der Waals surface area contributed by atoms with Crippen LogP contribution in [0.3, 0.4) is 0 Å².